The molecule has 2 aliphatic heterocycles. The highest BCUT2D eigenvalue weighted by Gasteiger charge is 2.52. The van der Waals surface area contributed by atoms with Crippen LogP contribution in [0.4, 0.5) is 8.78 Å². The summed E-state index contributed by atoms with van der Waals surface area (Å²) in [4.78, 5) is 48.9. The molecule has 10 heteroatoms. The van der Waals surface area contributed by atoms with Gasteiger partial charge in [-0.15, -0.1) is 0 Å². The molecule has 3 N–H and O–H groups in total. The van der Waals surface area contributed by atoms with Crippen LogP contribution >= 0.6 is 0 Å². The summed E-state index contributed by atoms with van der Waals surface area (Å²) >= 11 is 0. The summed E-state index contributed by atoms with van der Waals surface area (Å²) in [5.74, 6) is -6.83. The molecule has 0 aromatic heterocycles. The number of rotatable bonds is 7. The number of carbonyl (C=O) groups excluding carboxylic acids is 4. The second-order valence-electron chi connectivity index (χ2n) is 7.67. The molecule has 1 unspecified atom stereocenters. The van der Waals surface area contributed by atoms with Gasteiger partial charge in [-0.1, -0.05) is 24.8 Å². The van der Waals surface area contributed by atoms with Crippen LogP contribution in [-0.2, 0) is 19.2 Å². The van der Waals surface area contributed by atoms with Crippen LogP contribution < -0.4 is 10.6 Å². The average Bonchev–Trinajstić information content (AvgIpc) is 3.01. The normalized spacial score (nSPS) is 22.4. The van der Waals surface area contributed by atoms with Crippen molar-refractivity contribution in [1.82, 2.24) is 15.5 Å². The molecule has 4 amide bonds. The Morgan fingerprint density at radius 3 is 2.57 bits per heavy atom. The summed E-state index contributed by atoms with van der Waals surface area (Å²) in [7, 11) is 0. The van der Waals surface area contributed by atoms with E-state index in [0.717, 1.165) is 13.8 Å². The summed E-state index contributed by atoms with van der Waals surface area (Å²) in [5, 5.41) is 13.7. The Labute approximate surface area is 172 Å². The average molecular weight is 425 g/mol. The molecule has 2 saturated heterocycles. The Bertz CT molecular complexity index is 827. The van der Waals surface area contributed by atoms with Crippen LogP contribution in [0, 0.1) is 0 Å². The van der Waals surface area contributed by atoms with Gasteiger partial charge in [-0.25, -0.2) is 0 Å². The van der Waals surface area contributed by atoms with E-state index in [-0.39, 0.29) is 31.2 Å². The van der Waals surface area contributed by atoms with E-state index in [1.54, 1.807) is 0 Å². The maximum atomic E-state index is 13.8. The fourth-order valence-corrected chi connectivity index (χ4v) is 3.04. The molecular formula is C20H25F2N3O5. The first-order valence-corrected chi connectivity index (χ1v) is 9.43. The van der Waals surface area contributed by atoms with Crippen LogP contribution in [0.1, 0.15) is 33.1 Å². The lowest BCUT2D eigenvalue weighted by molar-refractivity contribution is -0.182. The number of carbonyl (C=O) groups is 4. The lowest BCUT2D eigenvalue weighted by atomic mass is 10.00. The number of hydrogen-bond acceptors (Lipinski definition) is 5. The lowest BCUT2D eigenvalue weighted by Gasteiger charge is -2.29. The van der Waals surface area contributed by atoms with E-state index in [0.29, 0.717) is 24.1 Å². The van der Waals surface area contributed by atoms with Crippen LogP contribution in [0.15, 0.2) is 36.0 Å². The van der Waals surface area contributed by atoms with Crippen LogP contribution in [0.5, 0.6) is 0 Å². The number of aliphatic hydroxyl groups is 1. The van der Waals surface area contributed by atoms with Crippen molar-refractivity contribution in [2.24, 2.45) is 0 Å². The molecule has 2 heterocycles. The predicted molar refractivity (Wildman–Crippen MR) is 103 cm³/mol. The molecule has 30 heavy (non-hydrogen) atoms. The van der Waals surface area contributed by atoms with Gasteiger partial charge in [-0.3, -0.25) is 24.5 Å². The Kier molecular flexibility index (Phi) is 6.91. The van der Waals surface area contributed by atoms with Gasteiger partial charge in [0.05, 0.1) is 0 Å². The van der Waals surface area contributed by atoms with E-state index < -0.39 is 29.4 Å². The monoisotopic (exact) mass is 425 g/mol. The zero-order valence-electron chi connectivity index (χ0n) is 16.8. The van der Waals surface area contributed by atoms with Gasteiger partial charge in [0.1, 0.15) is 11.6 Å². The number of nitrogens with one attached hydrogen (secondary N) is 2. The molecule has 0 aromatic carbocycles. The lowest BCUT2D eigenvalue weighted by Crippen LogP contribution is -2.54. The van der Waals surface area contributed by atoms with Gasteiger partial charge in [-0.2, -0.15) is 8.78 Å². The highest BCUT2D eigenvalue weighted by Crippen LogP contribution is 2.28. The van der Waals surface area contributed by atoms with E-state index in [4.69, 9.17) is 0 Å². The first-order chi connectivity index (χ1) is 13.9. The van der Waals surface area contributed by atoms with Crippen molar-refractivity contribution in [3.8, 4) is 0 Å². The minimum Gasteiger partial charge on any atom is -0.384 e. The molecule has 1 atom stereocenters. The van der Waals surface area contributed by atoms with Gasteiger partial charge in [0.25, 0.3) is 11.8 Å². The van der Waals surface area contributed by atoms with Crippen LogP contribution in [0.2, 0.25) is 0 Å². The van der Waals surface area contributed by atoms with Crippen LogP contribution in [0.25, 0.3) is 0 Å². The Hall–Kier alpha value is -2.88. The minimum atomic E-state index is -3.98. The van der Waals surface area contributed by atoms with Crippen molar-refractivity contribution in [2.75, 3.05) is 13.1 Å². The number of alkyl halides is 2. The largest absolute Gasteiger partial charge is 0.384 e. The first-order valence-electron chi connectivity index (χ1n) is 9.43. The Morgan fingerprint density at radius 1 is 1.33 bits per heavy atom. The molecule has 2 fully saturated rings. The number of imide groups is 1. The third kappa shape index (κ3) is 4.99. The third-order valence-electron chi connectivity index (χ3n) is 5.01. The number of amides is 4. The van der Waals surface area contributed by atoms with Crippen LogP contribution in [0.3, 0.4) is 0 Å². The Balaban J connectivity index is 2.02. The molecule has 0 saturated carbocycles. The quantitative estimate of drug-likeness (QED) is 0.314. The molecular weight excluding hydrogens is 400 g/mol. The van der Waals surface area contributed by atoms with E-state index >= 15 is 0 Å². The SMILES string of the molecule is C=C/C(=C\C=C1/CCN(C2CCC(=O)NC2=O)C1=O)CNC(=O)C(F)(F)C(C)(C)O. The third-order valence-corrected chi connectivity index (χ3v) is 5.01. The molecule has 8 nitrogen and oxygen atoms in total. The molecule has 0 bridgehead atoms. The van der Waals surface area contributed by atoms with Crippen molar-refractivity contribution in [2.45, 2.75) is 50.7 Å². The second kappa shape index (κ2) is 8.86. The van der Waals surface area contributed by atoms with Crippen molar-refractivity contribution in [3.05, 3.63) is 36.0 Å². The van der Waals surface area contributed by atoms with Gasteiger partial charge in [0, 0.05) is 25.1 Å². The van der Waals surface area contributed by atoms with E-state index in [1.165, 1.54) is 23.1 Å². The van der Waals surface area contributed by atoms with Gasteiger partial charge in [0.15, 0.2) is 0 Å². The zero-order chi connectivity index (χ0) is 22.7. The van der Waals surface area contributed by atoms with Gasteiger partial charge in [0.2, 0.25) is 11.8 Å². The van der Waals surface area contributed by atoms with Gasteiger partial charge >= 0.3 is 5.92 Å². The van der Waals surface area contributed by atoms with Crippen molar-refractivity contribution in [1.29, 1.82) is 0 Å². The number of allylic oxidation sites excluding steroid dienone is 2. The van der Waals surface area contributed by atoms with E-state index in [2.05, 4.69) is 11.9 Å². The maximum Gasteiger partial charge on any atom is 0.351 e. The fraction of sp³-hybridized carbons (Fsp3) is 0.500. The standard InChI is InChI=1S/C20H25F2N3O5/c1-4-12(11-23-18(29)20(21,22)19(2,3)30)5-6-13-9-10-25(17(13)28)14-7-8-15(26)24-16(14)27/h4-6,14,30H,1,7-11H2,2-3H3,(H,23,29)(H,24,26,27)/b12-5+,13-6+. The van der Waals surface area contributed by atoms with Crippen molar-refractivity contribution >= 4 is 23.6 Å². The summed E-state index contributed by atoms with van der Waals surface area (Å²) in [5.41, 5.74) is -1.74. The zero-order valence-corrected chi connectivity index (χ0v) is 16.8. The summed E-state index contributed by atoms with van der Waals surface area (Å²) in [6.45, 7) is 5.27. The first kappa shape index (κ1) is 23.4. The second-order valence-corrected chi connectivity index (χ2v) is 7.67. The number of likely N-dealkylation sites (tertiary alicyclic amines) is 1. The number of hydrogen-bond donors (Lipinski definition) is 3. The summed E-state index contributed by atoms with van der Waals surface area (Å²) < 4.78 is 27.6. The van der Waals surface area contributed by atoms with Gasteiger partial charge in [-0.05, 0) is 32.3 Å². The smallest absolute Gasteiger partial charge is 0.351 e. The molecule has 2 rings (SSSR count). The molecule has 0 spiro atoms. The summed E-state index contributed by atoms with van der Waals surface area (Å²) in [6.07, 6.45) is 5.10. The predicted octanol–water partition coefficient (Wildman–Crippen LogP) is 0.585. The van der Waals surface area contributed by atoms with Crippen molar-refractivity contribution < 1.29 is 33.1 Å². The number of halogens is 2. The van der Waals surface area contributed by atoms with Crippen LogP contribution in [-0.4, -0.2) is 64.3 Å². The minimum absolute atomic E-state index is 0.161. The van der Waals surface area contributed by atoms with Gasteiger partial charge < -0.3 is 15.3 Å². The van der Waals surface area contributed by atoms with E-state index in [9.17, 15) is 33.1 Å². The van der Waals surface area contributed by atoms with Crippen molar-refractivity contribution in [3.63, 3.8) is 0 Å². The number of piperidine rings is 1. The fourth-order valence-electron chi connectivity index (χ4n) is 3.04. The molecule has 0 aromatic rings. The highest BCUT2D eigenvalue weighted by atomic mass is 19.3. The maximum absolute atomic E-state index is 13.8. The molecule has 164 valence electrons. The number of nitrogens with zero attached hydrogens (tertiary/aromatic N) is 1. The summed E-state index contributed by atoms with van der Waals surface area (Å²) in [6, 6.07) is -0.702. The topological polar surface area (TPSA) is 116 Å². The molecule has 0 radical (unpaired) electrons. The Morgan fingerprint density at radius 2 is 2.00 bits per heavy atom. The van der Waals surface area contributed by atoms with E-state index in [1.807, 2.05) is 5.32 Å². The highest BCUT2D eigenvalue weighted by molar-refractivity contribution is 6.04. The molecule has 0 aliphatic carbocycles. The molecule has 2 aliphatic rings.